The Kier molecular flexibility index (Phi) is 5.89. The highest BCUT2D eigenvalue weighted by molar-refractivity contribution is 5.78. The highest BCUT2D eigenvalue weighted by atomic mass is 16.5. The van der Waals surface area contributed by atoms with Crippen LogP contribution in [0.25, 0.3) is 0 Å². The summed E-state index contributed by atoms with van der Waals surface area (Å²) < 4.78 is 5.52. The van der Waals surface area contributed by atoms with Crippen molar-refractivity contribution < 1.29 is 14.3 Å². The van der Waals surface area contributed by atoms with E-state index in [1.807, 2.05) is 60.4 Å². The van der Waals surface area contributed by atoms with Crippen LogP contribution in [-0.4, -0.2) is 29.9 Å². The maximum absolute atomic E-state index is 12.1. The summed E-state index contributed by atoms with van der Waals surface area (Å²) in [5, 5.41) is 2.89. The van der Waals surface area contributed by atoms with Crippen LogP contribution in [0.4, 0.5) is 0 Å². The predicted octanol–water partition coefficient (Wildman–Crippen LogP) is 2.81. The van der Waals surface area contributed by atoms with Crippen LogP contribution in [0.1, 0.15) is 29.5 Å². The van der Waals surface area contributed by atoms with Crippen LogP contribution in [-0.2, 0) is 22.7 Å². The summed E-state index contributed by atoms with van der Waals surface area (Å²) in [5.74, 6) is 0.724. The summed E-state index contributed by atoms with van der Waals surface area (Å²) in [5.41, 5.74) is 3.19. The Morgan fingerprint density at radius 3 is 2.69 bits per heavy atom. The van der Waals surface area contributed by atoms with Gasteiger partial charge in [0.25, 0.3) is 5.91 Å². The lowest BCUT2D eigenvalue weighted by molar-refractivity contribution is -0.128. The van der Waals surface area contributed by atoms with E-state index >= 15 is 0 Å². The normalized spacial score (nSPS) is 13.7. The number of ether oxygens (including phenoxy) is 1. The van der Waals surface area contributed by atoms with E-state index in [1.165, 1.54) is 0 Å². The first kappa shape index (κ1) is 18.0. The van der Waals surface area contributed by atoms with Gasteiger partial charge >= 0.3 is 0 Å². The average molecular weight is 352 g/mol. The Morgan fingerprint density at radius 1 is 1.15 bits per heavy atom. The summed E-state index contributed by atoms with van der Waals surface area (Å²) in [6.07, 6.45) is 1.56. The minimum atomic E-state index is -0.168. The quantitative estimate of drug-likeness (QED) is 0.834. The minimum Gasteiger partial charge on any atom is -0.484 e. The van der Waals surface area contributed by atoms with E-state index in [9.17, 15) is 9.59 Å². The van der Waals surface area contributed by atoms with Crippen LogP contribution in [0.5, 0.6) is 5.75 Å². The fourth-order valence-electron chi connectivity index (χ4n) is 3.06. The van der Waals surface area contributed by atoms with Crippen LogP contribution in [0.3, 0.4) is 0 Å². The highest BCUT2D eigenvalue weighted by Crippen LogP contribution is 2.17. The van der Waals surface area contributed by atoms with Crippen molar-refractivity contribution in [3.63, 3.8) is 0 Å². The van der Waals surface area contributed by atoms with E-state index < -0.39 is 0 Å². The van der Waals surface area contributed by atoms with Crippen LogP contribution >= 0.6 is 0 Å². The first-order valence-corrected chi connectivity index (χ1v) is 8.92. The molecule has 1 aliphatic rings. The number of carbonyl (C=O) groups excluding carboxylic acids is 2. The molecule has 1 fully saturated rings. The van der Waals surface area contributed by atoms with Gasteiger partial charge in [0.15, 0.2) is 6.61 Å². The number of amides is 2. The van der Waals surface area contributed by atoms with E-state index in [2.05, 4.69) is 5.32 Å². The molecule has 0 unspecified atom stereocenters. The van der Waals surface area contributed by atoms with Gasteiger partial charge in [0.2, 0.25) is 5.91 Å². The molecule has 1 aliphatic heterocycles. The Hall–Kier alpha value is -2.82. The van der Waals surface area contributed by atoms with Gasteiger partial charge in [-0.25, -0.2) is 0 Å². The van der Waals surface area contributed by atoms with Gasteiger partial charge in [-0.3, -0.25) is 9.59 Å². The Morgan fingerprint density at radius 2 is 1.96 bits per heavy atom. The summed E-state index contributed by atoms with van der Waals surface area (Å²) >= 11 is 0. The number of hydrogen-bond acceptors (Lipinski definition) is 3. The number of rotatable bonds is 7. The van der Waals surface area contributed by atoms with Gasteiger partial charge in [0, 0.05) is 26.1 Å². The summed E-state index contributed by atoms with van der Waals surface area (Å²) in [4.78, 5) is 25.8. The Balaban J connectivity index is 1.52. The number of benzene rings is 2. The zero-order chi connectivity index (χ0) is 18.4. The third kappa shape index (κ3) is 4.85. The van der Waals surface area contributed by atoms with E-state index in [1.54, 1.807) is 0 Å². The number of carbonyl (C=O) groups is 2. The number of hydrogen-bond donors (Lipinski definition) is 1. The Labute approximate surface area is 154 Å². The molecule has 0 aromatic heterocycles. The van der Waals surface area contributed by atoms with Gasteiger partial charge in [-0.15, -0.1) is 0 Å². The molecule has 1 N–H and O–H groups in total. The molecular formula is C21H24N2O3. The molecule has 1 heterocycles. The fraction of sp³-hybridized carbons (Fsp3) is 0.333. The fourth-order valence-corrected chi connectivity index (χ4v) is 3.06. The third-order valence-corrected chi connectivity index (χ3v) is 4.49. The van der Waals surface area contributed by atoms with Crippen molar-refractivity contribution in [3.8, 4) is 5.75 Å². The molecule has 3 rings (SSSR count). The van der Waals surface area contributed by atoms with Crippen molar-refractivity contribution in [2.45, 2.75) is 32.9 Å². The van der Waals surface area contributed by atoms with Gasteiger partial charge in [-0.1, -0.05) is 36.4 Å². The second kappa shape index (κ2) is 8.52. The van der Waals surface area contributed by atoms with E-state index in [-0.39, 0.29) is 18.4 Å². The zero-order valence-corrected chi connectivity index (χ0v) is 15.0. The second-order valence-corrected chi connectivity index (χ2v) is 6.57. The first-order valence-electron chi connectivity index (χ1n) is 8.92. The number of nitrogens with one attached hydrogen (secondary N) is 1. The van der Waals surface area contributed by atoms with E-state index in [0.717, 1.165) is 29.7 Å². The molecule has 0 radical (unpaired) electrons. The van der Waals surface area contributed by atoms with E-state index in [0.29, 0.717) is 25.3 Å². The maximum atomic E-state index is 12.1. The monoisotopic (exact) mass is 352 g/mol. The van der Waals surface area contributed by atoms with Gasteiger partial charge < -0.3 is 15.0 Å². The molecule has 2 amide bonds. The van der Waals surface area contributed by atoms with E-state index in [4.69, 9.17) is 4.74 Å². The Bertz CT molecular complexity index is 788. The molecular weight excluding hydrogens is 328 g/mol. The largest absolute Gasteiger partial charge is 0.484 e. The topological polar surface area (TPSA) is 58.6 Å². The molecule has 0 saturated carbocycles. The number of likely N-dealkylation sites (tertiary alicyclic amines) is 1. The van der Waals surface area contributed by atoms with Crippen LogP contribution in [0.2, 0.25) is 0 Å². The van der Waals surface area contributed by atoms with Gasteiger partial charge in [0.1, 0.15) is 5.75 Å². The predicted molar refractivity (Wildman–Crippen MR) is 99.6 cm³/mol. The second-order valence-electron chi connectivity index (χ2n) is 6.57. The molecule has 1 saturated heterocycles. The van der Waals surface area contributed by atoms with Crippen LogP contribution in [0.15, 0.2) is 48.5 Å². The minimum absolute atomic E-state index is 0.0176. The number of aryl methyl sites for hydroxylation is 1. The smallest absolute Gasteiger partial charge is 0.258 e. The highest BCUT2D eigenvalue weighted by Gasteiger charge is 2.20. The van der Waals surface area contributed by atoms with Crippen molar-refractivity contribution in [2.75, 3.05) is 13.2 Å². The van der Waals surface area contributed by atoms with Gasteiger partial charge in [-0.2, -0.15) is 0 Å². The molecule has 0 aliphatic carbocycles. The lowest BCUT2D eigenvalue weighted by Gasteiger charge is -2.18. The molecule has 2 aromatic rings. The van der Waals surface area contributed by atoms with Crippen LogP contribution in [0, 0.1) is 6.92 Å². The first-order chi connectivity index (χ1) is 12.6. The van der Waals surface area contributed by atoms with Gasteiger partial charge in [-0.05, 0) is 42.2 Å². The van der Waals surface area contributed by atoms with Crippen molar-refractivity contribution in [3.05, 3.63) is 65.2 Å². The molecule has 5 heteroatoms. The average Bonchev–Trinajstić information content (AvgIpc) is 3.04. The molecule has 5 nitrogen and oxygen atoms in total. The molecule has 0 spiro atoms. The third-order valence-electron chi connectivity index (χ3n) is 4.49. The summed E-state index contributed by atoms with van der Waals surface area (Å²) in [7, 11) is 0. The maximum Gasteiger partial charge on any atom is 0.258 e. The number of nitrogens with zero attached hydrogens (tertiary/aromatic N) is 1. The van der Waals surface area contributed by atoms with Gasteiger partial charge in [0.05, 0.1) is 0 Å². The summed E-state index contributed by atoms with van der Waals surface area (Å²) in [6, 6.07) is 15.5. The molecule has 26 heavy (non-hydrogen) atoms. The standard InChI is InChI=1S/C21H24N2O3/c1-16-6-4-9-19(12-16)26-15-20(24)22-13-17-7-2-3-8-18(17)14-23-11-5-10-21(23)25/h2-4,6-9,12H,5,10-11,13-15H2,1H3,(H,22,24). The molecule has 2 aromatic carbocycles. The summed E-state index contributed by atoms with van der Waals surface area (Å²) in [6.45, 7) is 3.80. The molecule has 0 bridgehead atoms. The van der Waals surface area contributed by atoms with Crippen molar-refractivity contribution in [1.82, 2.24) is 10.2 Å². The zero-order valence-electron chi connectivity index (χ0n) is 15.0. The molecule has 0 atom stereocenters. The lowest BCUT2D eigenvalue weighted by atomic mass is 10.1. The van der Waals surface area contributed by atoms with Crippen molar-refractivity contribution >= 4 is 11.8 Å². The molecule has 136 valence electrons. The van der Waals surface area contributed by atoms with Crippen molar-refractivity contribution in [2.24, 2.45) is 0 Å². The SMILES string of the molecule is Cc1cccc(OCC(=O)NCc2ccccc2CN2CCCC2=O)c1. The lowest BCUT2D eigenvalue weighted by Crippen LogP contribution is -2.29. The van der Waals surface area contributed by atoms with Crippen molar-refractivity contribution in [1.29, 1.82) is 0 Å². The van der Waals surface area contributed by atoms with Crippen LogP contribution < -0.4 is 10.1 Å².